The Balaban J connectivity index is 1.83. The summed E-state index contributed by atoms with van der Waals surface area (Å²) in [4.78, 5) is 11.5. The van der Waals surface area contributed by atoms with Crippen molar-refractivity contribution in [3.8, 4) is 11.5 Å². The van der Waals surface area contributed by atoms with E-state index in [9.17, 15) is 4.79 Å². The van der Waals surface area contributed by atoms with Crippen molar-refractivity contribution in [2.45, 2.75) is 6.61 Å². The largest absolute Gasteiger partial charge is 0.514 e. The zero-order chi connectivity index (χ0) is 13.5. The summed E-state index contributed by atoms with van der Waals surface area (Å²) in [5.74, 6) is 1.11. The van der Waals surface area contributed by atoms with E-state index in [-0.39, 0.29) is 6.61 Å². The van der Waals surface area contributed by atoms with Gasteiger partial charge >= 0.3 is 6.16 Å². The quantitative estimate of drug-likeness (QED) is 0.622. The number of carbonyl (C=O) groups excluding carboxylic acids is 1. The van der Waals surface area contributed by atoms with Gasteiger partial charge in [0.05, 0.1) is 7.11 Å². The average molecular weight is 258 g/mol. The van der Waals surface area contributed by atoms with E-state index >= 15 is 0 Å². The van der Waals surface area contributed by atoms with Crippen molar-refractivity contribution in [1.82, 2.24) is 0 Å². The molecule has 0 spiro atoms. The van der Waals surface area contributed by atoms with E-state index in [0.717, 1.165) is 5.56 Å². The molecule has 0 aliphatic carbocycles. The normalized spacial score (nSPS) is 9.74. The molecule has 2 aromatic carbocycles. The van der Waals surface area contributed by atoms with Gasteiger partial charge in [-0.05, 0) is 29.8 Å². The third-order valence-corrected chi connectivity index (χ3v) is 2.46. The van der Waals surface area contributed by atoms with Gasteiger partial charge in [0.2, 0.25) is 0 Å². The standard InChI is InChI=1S/C15H14O4/c1-17-13-7-9-14(10-8-13)19-15(16)18-11-12-5-3-2-4-6-12/h2-10H,11H2,1H3. The van der Waals surface area contributed by atoms with Crippen molar-refractivity contribution in [2.24, 2.45) is 0 Å². The maximum Gasteiger partial charge on any atom is 0.514 e. The fraction of sp³-hybridized carbons (Fsp3) is 0.133. The molecule has 0 heterocycles. The first-order valence-corrected chi connectivity index (χ1v) is 5.80. The molecule has 0 unspecified atom stereocenters. The Hall–Kier alpha value is -2.49. The first-order valence-electron chi connectivity index (χ1n) is 5.80. The van der Waals surface area contributed by atoms with E-state index in [1.807, 2.05) is 30.3 Å². The number of hydrogen-bond donors (Lipinski definition) is 0. The van der Waals surface area contributed by atoms with E-state index < -0.39 is 6.16 Å². The molecule has 0 fully saturated rings. The van der Waals surface area contributed by atoms with Gasteiger partial charge in [-0.1, -0.05) is 30.3 Å². The minimum Gasteiger partial charge on any atom is -0.497 e. The molecule has 0 aromatic heterocycles. The second-order valence-corrected chi connectivity index (χ2v) is 3.80. The molecule has 0 aliphatic rings. The second-order valence-electron chi connectivity index (χ2n) is 3.80. The summed E-state index contributed by atoms with van der Waals surface area (Å²) < 4.78 is 15.0. The van der Waals surface area contributed by atoms with Crippen LogP contribution in [-0.2, 0) is 11.3 Å². The Labute approximate surface area is 111 Å². The minimum atomic E-state index is -0.728. The van der Waals surface area contributed by atoms with Gasteiger partial charge in [-0.3, -0.25) is 0 Å². The smallest absolute Gasteiger partial charge is 0.497 e. The van der Waals surface area contributed by atoms with Gasteiger partial charge in [-0.25, -0.2) is 4.79 Å². The number of methoxy groups -OCH3 is 1. The summed E-state index contributed by atoms with van der Waals surface area (Å²) in [6.07, 6.45) is -0.728. The predicted molar refractivity (Wildman–Crippen MR) is 70.2 cm³/mol. The third-order valence-electron chi connectivity index (χ3n) is 2.46. The van der Waals surface area contributed by atoms with Crippen LogP contribution in [-0.4, -0.2) is 13.3 Å². The van der Waals surface area contributed by atoms with Gasteiger partial charge < -0.3 is 14.2 Å². The van der Waals surface area contributed by atoms with Crippen LogP contribution in [0.5, 0.6) is 11.5 Å². The van der Waals surface area contributed by atoms with E-state index in [0.29, 0.717) is 11.5 Å². The summed E-state index contributed by atoms with van der Waals surface area (Å²) in [6.45, 7) is 0.190. The van der Waals surface area contributed by atoms with Crippen molar-refractivity contribution in [3.63, 3.8) is 0 Å². The lowest BCUT2D eigenvalue weighted by Crippen LogP contribution is -2.10. The van der Waals surface area contributed by atoms with Crippen molar-refractivity contribution < 1.29 is 19.0 Å². The lowest BCUT2D eigenvalue weighted by Gasteiger charge is -2.06. The maximum absolute atomic E-state index is 11.5. The van der Waals surface area contributed by atoms with Crippen LogP contribution < -0.4 is 9.47 Å². The molecule has 0 saturated carbocycles. The Kier molecular flexibility index (Phi) is 4.39. The topological polar surface area (TPSA) is 44.8 Å². The molecule has 0 amide bonds. The fourth-order valence-electron chi connectivity index (χ4n) is 1.49. The summed E-state index contributed by atoms with van der Waals surface area (Å²) in [5.41, 5.74) is 0.911. The van der Waals surface area contributed by atoms with Crippen molar-refractivity contribution in [1.29, 1.82) is 0 Å². The van der Waals surface area contributed by atoms with E-state index in [1.54, 1.807) is 31.4 Å². The van der Waals surface area contributed by atoms with Crippen molar-refractivity contribution >= 4 is 6.16 Å². The van der Waals surface area contributed by atoms with Crippen molar-refractivity contribution in [3.05, 3.63) is 60.2 Å². The Morgan fingerprint density at radius 3 is 2.21 bits per heavy atom. The zero-order valence-corrected chi connectivity index (χ0v) is 10.5. The minimum absolute atomic E-state index is 0.190. The number of rotatable bonds is 4. The second kappa shape index (κ2) is 6.44. The van der Waals surface area contributed by atoms with Gasteiger partial charge in [0.25, 0.3) is 0 Å². The van der Waals surface area contributed by atoms with Crippen molar-refractivity contribution in [2.75, 3.05) is 7.11 Å². The molecule has 0 saturated heterocycles. The van der Waals surface area contributed by atoms with Crippen LogP contribution in [0.3, 0.4) is 0 Å². The maximum atomic E-state index is 11.5. The first-order chi connectivity index (χ1) is 9.28. The molecule has 0 radical (unpaired) electrons. The molecule has 2 aromatic rings. The molecule has 98 valence electrons. The Bertz CT molecular complexity index is 520. The van der Waals surface area contributed by atoms with E-state index in [2.05, 4.69) is 0 Å². The highest BCUT2D eigenvalue weighted by Gasteiger charge is 2.06. The molecule has 4 heteroatoms. The Morgan fingerprint density at radius 1 is 0.947 bits per heavy atom. The number of hydrogen-bond acceptors (Lipinski definition) is 4. The molecule has 0 N–H and O–H groups in total. The molecule has 2 rings (SSSR count). The lowest BCUT2D eigenvalue weighted by molar-refractivity contribution is 0.0927. The highest BCUT2D eigenvalue weighted by Crippen LogP contribution is 2.17. The fourth-order valence-corrected chi connectivity index (χ4v) is 1.49. The number of ether oxygens (including phenoxy) is 3. The van der Waals surface area contributed by atoms with Gasteiger partial charge in [0, 0.05) is 0 Å². The monoisotopic (exact) mass is 258 g/mol. The summed E-state index contributed by atoms with van der Waals surface area (Å²) in [6, 6.07) is 16.1. The summed E-state index contributed by atoms with van der Waals surface area (Å²) in [7, 11) is 1.57. The highest BCUT2D eigenvalue weighted by atomic mass is 16.7. The van der Waals surface area contributed by atoms with Gasteiger partial charge in [-0.15, -0.1) is 0 Å². The van der Waals surface area contributed by atoms with Crippen LogP contribution in [0.15, 0.2) is 54.6 Å². The van der Waals surface area contributed by atoms with Gasteiger partial charge in [0.1, 0.15) is 18.1 Å². The average Bonchev–Trinajstić information content (AvgIpc) is 2.47. The molecule has 19 heavy (non-hydrogen) atoms. The number of carbonyl (C=O) groups is 1. The van der Waals surface area contributed by atoms with Crippen LogP contribution in [0.1, 0.15) is 5.56 Å². The molecule has 0 aliphatic heterocycles. The summed E-state index contributed by atoms with van der Waals surface area (Å²) in [5, 5.41) is 0. The molecule has 0 atom stereocenters. The molecule has 4 nitrogen and oxygen atoms in total. The molecular weight excluding hydrogens is 244 g/mol. The van der Waals surface area contributed by atoms with Crippen LogP contribution >= 0.6 is 0 Å². The van der Waals surface area contributed by atoms with Crippen LogP contribution in [0.25, 0.3) is 0 Å². The van der Waals surface area contributed by atoms with Gasteiger partial charge in [-0.2, -0.15) is 0 Å². The predicted octanol–water partition coefficient (Wildman–Crippen LogP) is 3.41. The number of benzene rings is 2. The molecule has 0 bridgehead atoms. The lowest BCUT2D eigenvalue weighted by atomic mass is 10.2. The Morgan fingerprint density at radius 2 is 1.58 bits per heavy atom. The van der Waals surface area contributed by atoms with Crippen LogP contribution in [0.2, 0.25) is 0 Å². The SMILES string of the molecule is COc1ccc(OC(=O)OCc2ccccc2)cc1. The highest BCUT2D eigenvalue weighted by molar-refractivity contribution is 5.63. The van der Waals surface area contributed by atoms with Gasteiger partial charge in [0.15, 0.2) is 0 Å². The van der Waals surface area contributed by atoms with E-state index in [1.165, 1.54) is 0 Å². The van der Waals surface area contributed by atoms with Crippen LogP contribution in [0, 0.1) is 0 Å². The zero-order valence-electron chi connectivity index (χ0n) is 10.5. The first kappa shape index (κ1) is 13.0. The van der Waals surface area contributed by atoms with E-state index in [4.69, 9.17) is 14.2 Å². The van der Waals surface area contributed by atoms with Crippen LogP contribution in [0.4, 0.5) is 4.79 Å². The summed E-state index contributed by atoms with van der Waals surface area (Å²) >= 11 is 0. The third kappa shape index (κ3) is 4.03. The molecular formula is C15H14O4.